The molecule has 4 rings (SSSR count). The van der Waals surface area contributed by atoms with Crippen LogP contribution in [0, 0.1) is 11.3 Å². The Kier molecular flexibility index (Phi) is 4.76. The average Bonchev–Trinajstić information content (AvgIpc) is 3.02. The fourth-order valence-corrected chi connectivity index (χ4v) is 5.01. The zero-order valence-corrected chi connectivity index (χ0v) is 16.9. The molecule has 0 N–H and O–H groups in total. The third-order valence-electron chi connectivity index (χ3n) is 5.48. The van der Waals surface area contributed by atoms with Crippen molar-refractivity contribution in [3.63, 3.8) is 0 Å². The van der Waals surface area contributed by atoms with Gasteiger partial charge in [-0.2, -0.15) is 0 Å². The van der Waals surface area contributed by atoms with Crippen molar-refractivity contribution in [1.82, 2.24) is 15.0 Å². The summed E-state index contributed by atoms with van der Waals surface area (Å²) in [4.78, 5) is 15.1. The highest BCUT2D eigenvalue weighted by Gasteiger charge is 2.31. The monoisotopic (exact) mass is 383 g/mol. The summed E-state index contributed by atoms with van der Waals surface area (Å²) in [7, 11) is 0. The summed E-state index contributed by atoms with van der Waals surface area (Å²) in [6.45, 7) is 7.69. The van der Waals surface area contributed by atoms with E-state index in [9.17, 15) is 4.79 Å². The topological polar surface area (TPSA) is 57.0 Å². The minimum atomic E-state index is -0.0385. The Morgan fingerprint density at radius 1 is 1.26 bits per heavy atom. The minimum absolute atomic E-state index is 0.0385. The van der Waals surface area contributed by atoms with Crippen LogP contribution >= 0.6 is 11.3 Å². The van der Waals surface area contributed by atoms with Crippen LogP contribution in [0.2, 0.25) is 0 Å². The highest BCUT2D eigenvalue weighted by Crippen LogP contribution is 2.41. The van der Waals surface area contributed by atoms with Crippen molar-refractivity contribution in [2.45, 2.75) is 46.6 Å². The first-order chi connectivity index (χ1) is 12.9. The van der Waals surface area contributed by atoms with Crippen LogP contribution in [-0.2, 0) is 19.4 Å². The van der Waals surface area contributed by atoms with E-state index >= 15 is 0 Å². The molecule has 2 heterocycles. The molecule has 0 unspecified atom stereocenters. The van der Waals surface area contributed by atoms with Crippen molar-refractivity contribution >= 4 is 21.6 Å². The summed E-state index contributed by atoms with van der Waals surface area (Å²) in [6.07, 6.45) is 3.12. The van der Waals surface area contributed by atoms with Gasteiger partial charge in [0.15, 0.2) is 4.83 Å². The fourth-order valence-electron chi connectivity index (χ4n) is 3.78. The Labute approximate surface area is 163 Å². The summed E-state index contributed by atoms with van der Waals surface area (Å²) in [5.74, 6) is 1.44. The van der Waals surface area contributed by atoms with Gasteiger partial charge in [-0.25, -0.2) is 4.68 Å². The predicted octanol–water partition coefficient (Wildman–Crippen LogP) is 4.08. The second-order valence-electron chi connectivity index (χ2n) is 8.27. The molecule has 0 aliphatic heterocycles. The fraction of sp³-hybridized carbons (Fsp3) is 0.476. The molecule has 3 aromatic rings. The van der Waals surface area contributed by atoms with Crippen LogP contribution in [0.15, 0.2) is 35.1 Å². The molecular weight excluding hydrogens is 358 g/mol. The standard InChI is InChI=1S/C21H25N3O2S/c1-21(2,3)14-9-10-16-17(13-14)27-19-18(16)20(25)24(23-22-19)11-12-26-15-7-5-4-6-8-15/h4-8,14H,9-13H2,1-3H3/t14-/m0/s1. The number of rotatable bonds is 4. The van der Waals surface area contributed by atoms with Gasteiger partial charge < -0.3 is 4.74 Å². The SMILES string of the molecule is CC(C)(C)[C@H]1CCc2c(sc3nnn(CCOc4ccccc4)c(=O)c23)C1. The molecule has 142 valence electrons. The number of nitrogens with zero attached hydrogens (tertiary/aromatic N) is 3. The van der Waals surface area contributed by atoms with Crippen LogP contribution in [0.5, 0.6) is 5.75 Å². The number of fused-ring (bicyclic) bond motifs is 3. The Morgan fingerprint density at radius 2 is 2.04 bits per heavy atom. The third kappa shape index (κ3) is 3.63. The summed E-state index contributed by atoms with van der Waals surface area (Å²) in [6, 6.07) is 9.60. The van der Waals surface area contributed by atoms with E-state index in [1.54, 1.807) is 11.3 Å². The van der Waals surface area contributed by atoms with E-state index in [1.165, 1.54) is 15.1 Å². The van der Waals surface area contributed by atoms with Gasteiger partial charge in [0.25, 0.3) is 5.56 Å². The molecule has 1 aromatic carbocycles. The van der Waals surface area contributed by atoms with Crippen LogP contribution in [0.4, 0.5) is 0 Å². The normalized spacial score (nSPS) is 17.1. The first kappa shape index (κ1) is 18.2. The number of benzene rings is 1. The van der Waals surface area contributed by atoms with Gasteiger partial charge in [-0.05, 0) is 48.3 Å². The molecule has 6 heteroatoms. The average molecular weight is 384 g/mol. The van der Waals surface area contributed by atoms with Crippen LogP contribution in [0.1, 0.15) is 37.6 Å². The lowest BCUT2D eigenvalue weighted by molar-refractivity contribution is 0.218. The lowest BCUT2D eigenvalue weighted by Gasteiger charge is -2.33. The zero-order valence-electron chi connectivity index (χ0n) is 16.1. The molecule has 1 atom stereocenters. The van der Waals surface area contributed by atoms with E-state index in [2.05, 4.69) is 31.1 Å². The van der Waals surface area contributed by atoms with E-state index in [1.807, 2.05) is 30.3 Å². The van der Waals surface area contributed by atoms with Gasteiger partial charge in [0.05, 0.1) is 11.9 Å². The van der Waals surface area contributed by atoms with Crippen LogP contribution in [0.25, 0.3) is 10.2 Å². The maximum atomic E-state index is 13.0. The number of hydrogen-bond acceptors (Lipinski definition) is 5. The van der Waals surface area contributed by atoms with Crippen LogP contribution in [-0.4, -0.2) is 21.6 Å². The number of thiophene rings is 1. The van der Waals surface area contributed by atoms with E-state index in [0.717, 1.165) is 35.2 Å². The van der Waals surface area contributed by atoms with Crippen LogP contribution < -0.4 is 10.3 Å². The molecule has 0 spiro atoms. The van der Waals surface area contributed by atoms with Gasteiger partial charge in [-0.3, -0.25) is 4.79 Å². The van der Waals surface area contributed by atoms with E-state index in [4.69, 9.17) is 4.74 Å². The first-order valence-electron chi connectivity index (χ1n) is 9.49. The Hall–Kier alpha value is -2.21. The molecule has 1 aliphatic carbocycles. The molecule has 5 nitrogen and oxygen atoms in total. The number of aryl methyl sites for hydroxylation is 1. The molecule has 1 aliphatic rings. The summed E-state index contributed by atoms with van der Waals surface area (Å²) < 4.78 is 7.14. The highest BCUT2D eigenvalue weighted by molar-refractivity contribution is 7.18. The van der Waals surface area contributed by atoms with Crippen molar-refractivity contribution < 1.29 is 4.74 Å². The van der Waals surface area contributed by atoms with Crippen molar-refractivity contribution in [2.24, 2.45) is 11.3 Å². The molecule has 0 amide bonds. The quantitative estimate of drug-likeness (QED) is 0.681. The predicted molar refractivity (Wildman–Crippen MR) is 109 cm³/mol. The Morgan fingerprint density at radius 3 is 2.78 bits per heavy atom. The maximum absolute atomic E-state index is 13.0. The second kappa shape index (κ2) is 7.08. The summed E-state index contributed by atoms with van der Waals surface area (Å²) in [5.41, 5.74) is 1.45. The van der Waals surface area contributed by atoms with Crippen LogP contribution in [0.3, 0.4) is 0 Å². The largest absolute Gasteiger partial charge is 0.492 e. The number of ether oxygens (including phenoxy) is 1. The second-order valence-corrected chi connectivity index (χ2v) is 9.35. The smallest absolute Gasteiger partial charge is 0.278 e. The molecule has 0 fully saturated rings. The molecule has 27 heavy (non-hydrogen) atoms. The first-order valence-corrected chi connectivity index (χ1v) is 10.3. The van der Waals surface area contributed by atoms with Crippen molar-refractivity contribution in [1.29, 1.82) is 0 Å². The van der Waals surface area contributed by atoms with E-state index < -0.39 is 0 Å². The zero-order chi connectivity index (χ0) is 19.0. The van der Waals surface area contributed by atoms with Gasteiger partial charge in [-0.1, -0.05) is 44.2 Å². The number of aromatic nitrogens is 3. The Balaban J connectivity index is 1.57. The molecule has 2 aromatic heterocycles. The van der Waals surface area contributed by atoms with Crippen molar-refractivity contribution in [2.75, 3.05) is 6.61 Å². The number of hydrogen-bond donors (Lipinski definition) is 0. The molecule has 0 saturated carbocycles. The highest BCUT2D eigenvalue weighted by atomic mass is 32.1. The summed E-state index contributed by atoms with van der Waals surface area (Å²) >= 11 is 1.64. The lowest BCUT2D eigenvalue weighted by Crippen LogP contribution is -2.28. The third-order valence-corrected chi connectivity index (χ3v) is 6.62. The van der Waals surface area contributed by atoms with Gasteiger partial charge >= 0.3 is 0 Å². The van der Waals surface area contributed by atoms with E-state index in [-0.39, 0.29) is 11.0 Å². The van der Waals surface area contributed by atoms with Gasteiger partial charge in [-0.15, -0.1) is 16.4 Å². The minimum Gasteiger partial charge on any atom is -0.492 e. The summed E-state index contributed by atoms with van der Waals surface area (Å²) in [5, 5.41) is 9.24. The molecule has 0 radical (unpaired) electrons. The van der Waals surface area contributed by atoms with Crippen molar-refractivity contribution in [3.05, 3.63) is 51.1 Å². The number of para-hydroxylation sites is 1. The van der Waals surface area contributed by atoms with Gasteiger partial charge in [0.1, 0.15) is 12.4 Å². The maximum Gasteiger partial charge on any atom is 0.278 e. The molecule has 0 bridgehead atoms. The van der Waals surface area contributed by atoms with Gasteiger partial charge in [0, 0.05) is 4.88 Å². The Bertz CT molecular complexity index is 1000. The van der Waals surface area contributed by atoms with E-state index in [0.29, 0.717) is 19.1 Å². The van der Waals surface area contributed by atoms with Gasteiger partial charge in [0.2, 0.25) is 0 Å². The lowest BCUT2D eigenvalue weighted by atomic mass is 9.72. The molecular formula is C21H25N3O2S. The van der Waals surface area contributed by atoms with Crippen molar-refractivity contribution in [3.8, 4) is 5.75 Å². The molecule has 0 saturated heterocycles.